The van der Waals surface area contributed by atoms with Crippen LogP contribution in [0.1, 0.15) is 24.7 Å². The molecule has 8 nitrogen and oxygen atoms in total. The van der Waals surface area contributed by atoms with Crippen LogP contribution in [-0.2, 0) is 22.3 Å². The highest BCUT2D eigenvalue weighted by Gasteiger charge is 2.20. The molecule has 0 atom stereocenters. The number of hydrogen-bond donors (Lipinski definition) is 0. The Morgan fingerprint density at radius 2 is 1.82 bits per heavy atom. The summed E-state index contributed by atoms with van der Waals surface area (Å²) in [6, 6.07) is 15.5. The van der Waals surface area contributed by atoms with Crippen LogP contribution in [0.25, 0.3) is 27.6 Å². The van der Waals surface area contributed by atoms with E-state index >= 15 is 0 Å². The lowest BCUT2D eigenvalue weighted by molar-refractivity contribution is 0.521. The van der Waals surface area contributed by atoms with Gasteiger partial charge in [0.2, 0.25) is 10.0 Å². The number of aromatic nitrogens is 5. The second-order valence-electron chi connectivity index (χ2n) is 8.43. The normalized spacial score (nSPS) is 12.5. The van der Waals surface area contributed by atoms with Crippen molar-refractivity contribution in [2.45, 2.75) is 42.6 Å². The molecular formula is C24H26N6O2S2. The molecule has 0 aliphatic heterocycles. The quantitative estimate of drug-likeness (QED) is 0.310. The van der Waals surface area contributed by atoms with E-state index in [1.165, 1.54) is 29.4 Å². The summed E-state index contributed by atoms with van der Waals surface area (Å²) in [4.78, 5) is 5.07. The van der Waals surface area contributed by atoms with Crippen molar-refractivity contribution in [2.75, 3.05) is 14.1 Å². The Balaban J connectivity index is 1.55. The summed E-state index contributed by atoms with van der Waals surface area (Å²) in [7, 11) is -0.457. The molecule has 10 heteroatoms. The number of pyridine rings is 1. The van der Waals surface area contributed by atoms with Crippen molar-refractivity contribution in [3.8, 4) is 0 Å². The molecule has 0 N–H and O–H groups in total. The fraction of sp³-hybridized carbons (Fsp3) is 0.292. The Morgan fingerprint density at radius 1 is 1.03 bits per heavy atom. The average Bonchev–Trinajstić information content (AvgIpc) is 3.38. The van der Waals surface area contributed by atoms with Crippen LogP contribution in [0.15, 0.2) is 58.6 Å². The van der Waals surface area contributed by atoms with Gasteiger partial charge in [0.1, 0.15) is 5.82 Å². The second-order valence-corrected chi connectivity index (χ2v) is 11.5. The smallest absolute Gasteiger partial charge is 0.242 e. The standard InChI is InChI=1S/C24H26N6O2S2/c1-5-12-29-21-11-10-17(34(31,32)28(3)4)14-19(21)25-23(29)15-33-24-27-26-22-13-16(2)18-8-6-7-9-20(18)30(22)24/h6-11,13-14H,5,12,15H2,1-4H3. The first-order valence-electron chi connectivity index (χ1n) is 11.1. The molecule has 5 rings (SSSR count). The van der Waals surface area contributed by atoms with Crippen LogP contribution >= 0.6 is 11.8 Å². The van der Waals surface area contributed by atoms with E-state index in [4.69, 9.17) is 4.98 Å². The molecular weight excluding hydrogens is 468 g/mol. The first-order valence-corrected chi connectivity index (χ1v) is 13.5. The molecule has 0 radical (unpaired) electrons. The van der Waals surface area contributed by atoms with Crippen LogP contribution in [0.2, 0.25) is 0 Å². The SMILES string of the molecule is CCCn1c(CSc2nnc3cc(C)c4ccccc4n23)nc2cc(S(=O)(=O)N(C)C)ccc21. The van der Waals surface area contributed by atoms with Crippen molar-refractivity contribution in [2.24, 2.45) is 0 Å². The molecule has 0 saturated heterocycles. The number of fused-ring (bicyclic) bond motifs is 4. The number of aryl methyl sites for hydroxylation is 2. The van der Waals surface area contributed by atoms with Crippen LogP contribution in [0.4, 0.5) is 0 Å². The lowest BCUT2D eigenvalue weighted by Crippen LogP contribution is -2.22. The number of nitrogens with zero attached hydrogens (tertiary/aromatic N) is 6. The number of para-hydroxylation sites is 1. The molecule has 2 aromatic carbocycles. The van der Waals surface area contributed by atoms with Gasteiger partial charge < -0.3 is 4.57 Å². The summed E-state index contributed by atoms with van der Waals surface area (Å²) in [5.41, 5.74) is 4.67. The maximum Gasteiger partial charge on any atom is 0.242 e. The molecule has 3 heterocycles. The van der Waals surface area contributed by atoms with Gasteiger partial charge in [-0.15, -0.1) is 10.2 Å². The van der Waals surface area contributed by atoms with Crippen molar-refractivity contribution in [1.29, 1.82) is 0 Å². The molecule has 0 aliphatic rings. The summed E-state index contributed by atoms with van der Waals surface area (Å²) < 4.78 is 30.7. The largest absolute Gasteiger partial charge is 0.327 e. The maximum atomic E-state index is 12.6. The lowest BCUT2D eigenvalue weighted by Gasteiger charge is -2.11. The van der Waals surface area contributed by atoms with Gasteiger partial charge in [0.15, 0.2) is 10.8 Å². The first kappa shape index (κ1) is 22.8. The molecule has 0 aliphatic carbocycles. The molecule has 0 saturated carbocycles. The summed E-state index contributed by atoms with van der Waals surface area (Å²) in [6.45, 7) is 5.00. The minimum atomic E-state index is -3.52. The highest BCUT2D eigenvalue weighted by Crippen LogP contribution is 2.29. The molecule has 5 aromatic rings. The zero-order chi connectivity index (χ0) is 24.0. The Bertz CT molecular complexity index is 1640. The predicted molar refractivity (Wildman–Crippen MR) is 136 cm³/mol. The third-order valence-corrected chi connectivity index (χ3v) is 8.66. The van der Waals surface area contributed by atoms with Gasteiger partial charge in [-0.3, -0.25) is 4.40 Å². The highest BCUT2D eigenvalue weighted by molar-refractivity contribution is 7.98. The van der Waals surface area contributed by atoms with E-state index in [0.717, 1.165) is 40.6 Å². The topological polar surface area (TPSA) is 85.4 Å². The molecule has 34 heavy (non-hydrogen) atoms. The molecule has 0 fully saturated rings. The van der Waals surface area contributed by atoms with E-state index in [1.54, 1.807) is 23.9 Å². The van der Waals surface area contributed by atoms with Crippen molar-refractivity contribution in [3.63, 3.8) is 0 Å². The summed E-state index contributed by atoms with van der Waals surface area (Å²) in [6.07, 6.45) is 0.943. The molecule has 0 amide bonds. The maximum absolute atomic E-state index is 12.6. The summed E-state index contributed by atoms with van der Waals surface area (Å²) >= 11 is 1.58. The van der Waals surface area contributed by atoms with E-state index in [2.05, 4.69) is 51.2 Å². The number of imidazole rings is 1. The second kappa shape index (κ2) is 8.68. The van der Waals surface area contributed by atoms with Crippen molar-refractivity contribution in [1.82, 2.24) is 28.5 Å². The Hall–Kier alpha value is -2.95. The van der Waals surface area contributed by atoms with Crippen LogP contribution in [0.5, 0.6) is 0 Å². The zero-order valence-corrected chi connectivity index (χ0v) is 21.2. The van der Waals surface area contributed by atoms with Crippen LogP contribution < -0.4 is 0 Å². The van der Waals surface area contributed by atoms with Gasteiger partial charge in [0.05, 0.1) is 27.2 Å². The first-order chi connectivity index (χ1) is 16.3. The van der Waals surface area contributed by atoms with Gasteiger partial charge in [-0.05, 0) is 49.2 Å². The molecule has 3 aromatic heterocycles. The minimum absolute atomic E-state index is 0.246. The summed E-state index contributed by atoms with van der Waals surface area (Å²) in [5.74, 6) is 1.47. The highest BCUT2D eigenvalue weighted by atomic mass is 32.2. The van der Waals surface area contributed by atoms with E-state index < -0.39 is 10.0 Å². The van der Waals surface area contributed by atoms with Crippen molar-refractivity contribution < 1.29 is 8.42 Å². The van der Waals surface area contributed by atoms with Crippen LogP contribution in [-0.4, -0.2) is 51.0 Å². The Morgan fingerprint density at radius 3 is 2.59 bits per heavy atom. The Kier molecular flexibility index (Phi) is 5.83. The van der Waals surface area contributed by atoms with E-state index in [0.29, 0.717) is 11.3 Å². The van der Waals surface area contributed by atoms with Crippen molar-refractivity contribution in [3.05, 3.63) is 59.9 Å². The minimum Gasteiger partial charge on any atom is -0.327 e. The van der Waals surface area contributed by atoms with E-state index in [1.807, 2.05) is 18.2 Å². The molecule has 0 bridgehead atoms. The Labute approximate surface area is 202 Å². The third-order valence-electron chi connectivity index (χ3n) is 5.93. The van der Waals surface area contributed by atoms with Gasteiger partial charge in [0.25, 0.3) is 0 Å². The van der Waals surface area contributed by atoms with Gasteiger partial charge in [-0.25, -0.2) is 17.7 Å². The number of hydrogen-bond acceptors (Lipinski definition) is 6. The summed E-state index contributed by atoms with van der Waals surface area (Å²) in [5, 5.41) is 10.8. The number of sulfonamides is 1. The van der Waals surface area contributed by atoms with Gasteiger partial charge in [-0.1, -0.05) is 36.9 Å². The lowest BCUT2D eigenvalue weighted by atomic mass is 10.1. The van der Waals surface area contributed by atoms with Crippen molar-refractivity contribution >= 4 is 49.4 Å². The van der Waals surface area contributed by atoms with Gasteiger partial charge >= 0.3 is 0 Å². The number of thioether (sulfide) groups is 1. The molecule has 0 unspecified atom stereocenters. The van der Waals surface area contributed by atoms with Gasteiger partial charge in [-0.2, -0.15) is 0 Å². The van der Waals surface area contributed by atoms with Gasteiger partial charge in [0, 0.05) is 26.0 Å². The predicted octanol–water partition coefficient (Wildman–Crippen LogP) is 4.49. The monoisotopic (exact) mass is 494 g/mol. The van der Waals surface area contributed by atoms with Crippen LogP contribution in [0, 0.1) is 6.92 Å². The number of rotatable bonds is 7. The third kappa shape index (κ3) is 3.75. The van der Waals surface area contributed by atoms with Crippen LogP contribution in [0.3, 0.4) is 0 Å². The molecule has 176 valence electrons. The number of benzene rings is 2. The average molecular weight is 495 g/mol. The fourth-order valence-electron chi connectivity index (χ4n) is 4.21. The molecule has 0 spiro atoms. The fourth-order valence-corrected chi connectivity index (χ4v) is 6.03. The van der Waals surface area contributed by atoms with E-state index in [-0.39, 0.29) is 4.90 Å². The zero-order valence-electron chi connectivity index (χ0n) is 19.6. The van der Waals surface area contributed by atoms with E-state index in [9.17, 15) is 8.42 Å².